The average molecular weight is 494 g/mol. The molecule has 2 bridgehead atoms. The lowest BCUT2D eigenvalue weighted by Crippen LogP contribution is -2.56. The Balaban J connectivity index is 1.21. The normalized spacial score (nSPS) is 27.4. The highest BCUT2D eigenvalue weighted by Gasteiger charge is 2.49. The molecular weight excluding hydrogens is 466 g/mol. The molecule has 3 aromatic heterocycles. The van der Waals surface area contributed by atoms with Gasteiger partial charge in [0.05, 0.1) is 23.5 Å². The molecule has 0 saturated carbocycles. The fourth-order valence-electron chi connectivity index (χ4n) is 5.99. The van der Waals surface area contributed by atoms with Gasteiger partial charge >= 0.3 is 0 Å². The molecule has 1 unspecified atom stereocenters. The molecule has 0 aromatic carbocycles. The average Bonchev–Trinajstić information content (AvgIpc) is 3.38. The van der Waals surface area contributed by atoms with E-state index in [0.717, 1.165) is 36.9 Å². The number of halogens is 1. The van der Waals surface area contributed by atoms with E-state index in [-0.39, 0.29) is 23.1 Å². The van der Waals surface area contributed by atoms with Crippen molar-refractivity contribution in [2.75, 3.05) is 4.90 Å². The quantitative estimate of drug-likeness (QED) is 0.551. The summed E-state index contributed by atoms with van der Waals surface area (Å²) in [4.78, 5) is 19.4. The Morgan fingerprint density at radius 3 is 2.51 bits per heavy atom. The number of fused-ring (bicyclic) bond motifs is 3. The number of hydrogen-bond acceptors (Lipinski definition) is 7. The predicted octanol–water partition coefficient (Wildman–Crippen LogP) is 3.84. The Bertz CT molecular complexity index is 1320. The van der Waals surface area contributed by atoms with E-state index in [1.807, 2.05) is 20.2 Å². The summed E-state index contributed by atoms with van der Waals surface area (Å²) in [6, 6.07) is 5.35. The second-order valence-corrected chi connectivity index (χ2v) is 11.0. The van der Waals surface area contributed by atoms with Crippen LogP contribution in [0.15, 0.2) is 24.4 Å². The molecule has 3 aromatic rings. The summed E-state index contributed by atoms with van der Waals surface area (Å²) in [5.74, 6) is 0.759. The maximum absolute atomic E-state index is 13.3. The van der Waals surface area contributed by atoms with E-state index in [1.54, 1.807) is 27.8 Å². The Hall–Kier alpha value is -3.04. The number of nitrogens with one attached hydrogen (secondary N) is 1. The fourth-order valence-corrected chi connectivity index (χ4v) is 6.25. The molecule has 3 aliphatic rings. The third kappa shape index (κ3) is 3.87. The van der Waals surface area contributed by atoms with Crippen LogP contribution in [0.25, 0.3) is 11.3 Å². The van der Waals surface area contributed by atoms with Crippen molar-refractivity contribution >= 4 is 23.3 Å². The van der Waals surface area contributed by atoms with Gasteiger partial charge in [-0.3, -0.25) is 14.4 Å². The summed E-state index contributed by atoms with van der Waals surface area (Å²) >= 11 is 6.51. The van der Waals surface area contributed by atoms with Crippen molar-refractivity contribution in [3.8, 4) is 17.1 Å². The van der Waals surface area contributed by atoms with Crippen LogP contribution >= 0.6 is 11.6 Å². The zero-order chi connectivity index (χ0) is 24.5. The first-order chi connectivity index (χ1) is 16.6. The Labute approximate surface area is 208 Å². The Morgan fingerprint density at radius 1 is 1.14 bits per heavy atom. The minimum absolute atomic E-state index is 0.0887. The SMILES string of the molecule is Cc1nn(C)cc1-c1cc2c(c(Cl)n1)CN(c1ccc(OC3C[C@]4(C)CC[C@](C)(C3)N4)nn1)C2=O. The predicted molar refractivity (Wildman–Crippen MR) is 132 cm³/mol. The number of piperidine rings is 1. The van der Waals surface area contributed by atoms with E-state index < -0.39 is 0 Å². The second kappa shape index (κ2) is 7.73. The van der Waals surface area contributed by atoms with Crippen LogP contribution in [0.5, 0.6) is 5.88 Å². The Morgan fingerprint density at radius 2 is 1.89 bits per heavy atom. The van der Waals surface area contributed by atoms with Gasteiger partial charge in [-0.05, 0) is 45.7 Å². The molecule has 6 heterocycles. The molecule has 3 atom stereocenters. The first-order valence-corrected chi connectivity index (χ1v) is 12.3. The minimum Gasteiger partial charge on any atom is -0.473 e. The first-order valence-electron chi connectivity index (χ1n) is 11.9. The number of carbonyl (C=O) groups is 1. The molecule has 9 nitrogen and oxygen atoms in total. The number of carbonyl (C=O) groups excluding carboxylic acids is 1. The number of hydrogen-bond donors (Lipinski definition) is 1. The Kier molecular flexibility index (Phi) is 4.95. The van der Waals surface area contributed by atoms with Gasteiger partial charge in [0.15, 0.2) is 5.82 Å². The van der Waals surface area contributed by atoms with Crippen molar-refractivity contribution in [1.82, 2.24) is 30.3 Å². The first kappa shape index (κ1) is 22.4. The molecule has 0 aliphatic carbocycles. The van der Waals surface area contributed by atoms with Crippen LogP contribution in [-0.2, 0) is 13.6 Å². The highest BCUT2D eigenvalue weighted by molar-refractivity contribution is 6.31. The number of aromatic nitrogens is 5. The summed E-state index contributed by atoms with van der Waals surface area (Å²) in [5.41, 5.74) is 3.73. The lowest BCUT2D eigenvalue weighted by atomic mass is 9.86. The number of rotatable bonds is 4. The molecule has 1 amide bonds. The van der Waals surface area contributed by atoms with Crippen molar-refractivity contribution in [1.29, 1.82) is 0 Å². The van der Waals surface area contributed by atoms with Gasteiger partial charge in [-0.1, -0.05) is 11.6 Å². The monoisotopic (exact) mass is 493 g/mol. The number of pyridine rings is 1. The molecule has 0 radical (unpaired) electrons. The standard InChI is InChI=1S/C25H28ClN7O2/c1-14-17(12-32(4)30-14)19-9-16-18(22(26)27-19)13-33(23(16)34)20-5-6-21(29-28-20)35-15-10-24(2)7-8-25(3,11-15)31-24/h5-6,9,12,15,31H,7-8,10-11,13H2,1-4H3/t15?,24-,25+. The van der Waals surface area contributed by atoms with Crippen LogP contribution in [0.3, 0.4) is 0 Å². The topological polar surface area (TPSA) is 98.1 Å². The van der Waals surface area contributed by atoms with Gasteiger partial charge in [0, 0.05) is 54.4 Å². The molecule has 6 rings (SSSR count). The van der Waals surface area contributed by atoms with Gasteiger partial charge in [0.25, 0.3) is 5.91 Å². The molecule has 182 valence electrons. The van der Waals surface area contributed by atoms with Crippen molar-refractivity contribution in [3.05, 3.63) is 46.4 Å². The summed E-state index contributed by atoms with van der Waals surface area (Å²) < 4.78 is 7.93. The molecular formula is C25H28ClN7O2. The maximum Gasteiger partial charge on any atom is 0.260 e. The number of aryl methyl sites for hydroxylation is 2. The zero-order valence-corrected chi connectivity index (χ0v) is 21.1. The van der Waals surface area contributed by atoms with Crippen LogP contribution in [0.1, 0.15) is 61.1 Å². The van der Waals surface area contributed by atoms with E-state index in [0.29, 0.717) is 40.2 Å². The van der Waals surface area contributed by atoms with Gasteiger partial charge in [0.2, 0.25) is 5.88 Å². The third-order valence-electron chi connectivity index (χ3n) is 7.53. The largest absolute Gasteiger partial charge is 0.473 e. The van der Waals surface area contributed by atoms with E-state index in [2.05, 4.69) is 39.4 Å². The highest BCUT2D eigenvalue weighted by atomic mass is 35.5. The van der Waals surface area contributed by atoms with Gasteiger partial charge in [-0.2, -0.15) is 5.10 Å². The lowest BCUT2D eigenvalue weighted by Gasteiger charge is -2.41. The van der Waals surface area contributed by atoms with Gasteiger partial charge in [0.1, 0.15) is 11.3 Å². The summed E-state index contributed by atoms with van der Waals surface area (Å²) in [7, 11) is 1.85. The zero-order valence-electron chi connectivity index (χ0n) is 20.3. The van der Waals surface area contributed by atoms with Crippen molar-refractivity contribution in [2.45, 2.75) is 70.2 Å². The van der Waals surface area contributed by atoms with Crippen LogP contribution in [0.4, 0.5) is 5.82 Å². The number of ether oxygens (including phenoxy) is 1. The second-order valence-electron chi connectivity index (χ2n) is 10.6. The third-order valence-corrected chi connectivity index (χ3v) is 7.85. The molecule has 10 heteroatoms. The van der Waals surface area contributed by atoms with Crippen molar-refractivity contribution in [2.24, 2.45) is 7.05 Å². The van der Waals surface area contributed by atoms with Crippen molar-refractivity contribution in [3.63, 3.8) is 0 Å². The van der Waals surface area contributed by atoms with E-state index in [9.17, 15) is 4.79 Å². The lowest BCUT2D eigenvalue weighted by molar-refractivity contribution is 0.0753. The van der Waals surface area contributed by atoms with Gasteiger partial charge in [-0.15, -0.1) is 10.2 Å². The molecule has 35 heavy (non-hydrogen) atoms. The molecule has 1 N–H and O–H groups in total. The summed E-state index contributed by atoms with van der Waals surface area (Å²) in [5, 5.41) is 17.0. The molecule has 3 aliphatic heterocycles. The van der Waals surface area contributed by atoms with E-state index in [4.69, 9.17) is 16.3 Å². The van der Waals surface area contributed by atoms with Gasteiger partial charge < -0.3 is 10.1 Å². The minimum atomic E-state index is -0.175. The smallest absolute Gasteiger partial charge is 0.260 e. The number of anilines is 1. The van der Waals surface area contributed by atoms with Crippen LogP contribution in [0, 0.1) is 6.92 Å². The summed E-state index contributed by atoms with van der Waals surface area (Å²) in [6.07, 6.45) is 6.16. The fraction of sp³-hybridized carbons (Fsp3) is 0.480. The van der Waals surface area contributed by atoms with E-state index >= 15 is 0 Å². The number of nitrogens with zero attached hydrogens (tertiary/aromatic N) is 6. The van der Waals surface area contributed by atoms with Crippen LogP contribution < -0.4 is 15.0 Å². The summed E-state index contributed by atoms with van der Waals surface area (Å²) in [6.45, 7) is 6.73. The van der Waals surface area contributed by atoms with E-state index in [1.165, 1.54) is 0 Å². The van der Waals surface area contributed by atoms with Gasteiger partial charge in [-0.25, -0.2) is 4.98 Å². The highest BCUT2D eigenvalue weighted by Crippen LogP contribution is 2.43. The molecule has 2 fully saturated rings. The maximum atomic E-state index is 13.3. The molecule has 0 spiro atoms. The molecule has 2 saturated heterocycles. The van der Waals surface area contributed by atoms with Crippen LogP contribution in [-0.4, -0.2) is 48.1 Å². The van der Waals surface area contributed by atoms with Crippen molar-refractivity contribution < 1.29 is 9.53 Å². The number of amides is 1. The van der Waals surface area contributed by atoms with Crippen LogP contribution in [0.2, 0.25) is 5.15 Å².